The van der Waals surface area contributed by atoms with Crippen molar-refractivity contribution in [2.75, 3.05) is 11.9 Å². The molecule has 0 saturated carbocycles. The van der Waals surface area contributed by atoms with E-state index in [1.165, 1.54) is 29.2 Å². The van der Waals surface area contributed by atoms with Crippen LogP contribution in [0.2, 0.25) is 0 Å². The third-order valence-corrected chi connectivity index (χ3v) is 6.97. The lowest BCUT2D eigenvalue weighted by Crippen LogP contribution is -2.49. The summed E-state index contributed by atoms with van der Waals surface area (Å²) in [6, 6.07) is 9.03. The van der Waals surface area contributed by atoms with E-state index in [-0.39, 0.29) is 42.3 Å². The number of rotatable bonds is 9. The Labute approximate surface area is 224 Å². The lowest BCUT2D eigenvalue weighted by Gasteiger charge is -2.28. The van der Waals surface area contributed by atoms with Gasteiger partial charge in [0.2, 0.25) is 23.6 Å². The van der Waals surface area contributed by atoms with E-state index in [1.807, 2.05) is 0 Å². The molecule has 2 saturated heterocycles. The Balaban J connectivity index is 1.63. The Bertz CT molecular complexity index is 1310. The lowest BCUT2D eigenvalue weighted by atomic mass is 9.92. The molecule has 0 radical (unpaired) electrons. The van der Waals surface area contributed by atoms with Crippen LogP contribution in [0.5, 0.6) is 0 Å². The normalized spacial score (nSPS) is 18.7. The summed E-state index contributed by atoms with van der Waals surface area (Å²) in [5.41, 5.74) is 6.60. The van der Waals surface area contributed by atoms with E-state index in [0.717, 1.165) is 4.90 Å². The molecule has 0 aromatic heterocycles. The number of amides is 4. The standard InChI is InChI=1S/C27H29N5O7/c1-16(28)27(37)30-14-4-7-21(30)25(35)20-6-3-2-5-17(20)15-22(31-23(33)12-13-24(31)34)26(36)29-18-8-10-19(11-9-18)32(38)39/h2-3,5-6,8-11,16,21-22H,4,7,12-15,28H2,1H3,(H,29,36)/t16-,21-,22-/m0/s1. The molecule has 2 aromatic rings. The second-order valence-electron chi connectivity index (χ2n) is 9.67. The Morgan fingerprint density at radius 3 is 2.33 bits per heavy atom. The number of non-ortho nitro benzene ring substituents is 1. The Kier molecular flexibility index (Phi) is 8.15. The van der Waals surface area contributed by atoms with Gasteiger partial charge in [-0.2, -0.15) is 0 Å². The monoisotopic (exact) mass is 535 g/mol. The molecular weight excluding hydrogens is 506 g/mol. The number of carbonyl (C=O) groups is 5. The molecule has 3 atom stereocenters. The van der Waals surface area contributed by atoms with Crippen LogP contribution in [0.15, 0.2) is 48.5 Å². The molecule has 0 unspecified atom stereocenters. The van der Waals surface area contributed by atoms with E-state index >= 15 is 0 Å². The van der Waals surface area contributed by atoms with Gasteiger partial charge in [0.15, 0.2) is 5.78 Å². The van der Waals surface area contributed by atoms with Crippen LogP contribution in [0.25, 0.3) is 0 Å². The summed E-state index contributed by atoms with van der Waals surface area (Å²) in [6.07, 6.45) is 0.924. The van der Waals surface area contributed by atoms with Gasteiger partial charge in [0.25, 0.3) is 5.69 Å². The second-order valence-corrected chi connectivity index (χ2v) is 9.67. The van der Waals surface area contributed by atoms with Crippen LogP contribution in [-0.4, -0.2) is 68.8 Å². The Hall–Kier alpha value is -4.45. The number of likely N-dealkylation sites (tertiary alicyclic amines) is 2. The van der Waals surface area contributed by atoms with Crippen LogP contribution < -0.4 is 11.1 Å². The smallest absolute Gasteiger partial charge is 0.269 e. The molecule has 2 heterocycles. The summed E-state index contributed by atoms with van der Waals surface area (Å²) in [5, 5.41) is 13.6. The number of hydrogen-bond donors (Lipinski definition) is 2. The fraction of sp³-hybridized carbons (Fsp3) is 0.370. The maximum absolute atomic E-state index is 13.6. The van der Waals surface area contributed by atoms with Crippen LogP contribution in [0.1, 0.15) is 48.5 Å². The number of nitro groups is 1. The molecule has 4 amide bonds. The third kappa shape index (κ3) is 5.85. The van der Waals surface area contributed by atoms with Gasteiger partial charge in [-0.05, 0) is 37.5 Å². The number of nitrogens with one attached hydrogen (secondary N) is 1. The summed E-state index contributed by atoms with van der Waals surface area (Å²) >= 11 is 0. The van der Waals surface area contributed by atoms with Crippen molar-refractivity contribution in [1.82, 2.24) is 9.80 Å². The molecule has 2 aliphatic heterocycles. The zero-order valence-corrected chi connectivity index (χ0v) is 21.4. The highest BCUT2D eigenvalue weighted by atomic mass is 16.6. The van der Waals surface area contributed by atoms with E-state index in [2.05, 4.69) is 5.32 Å². The van der Waals surface area contributed by atoms with Gasteiger partial charge in [-0.1, -0.05) is 24.3 Å². The van der Waals surface area contributed by atoms with Crippen molar-refractivity contribution in [3.05, 3.63) is 69.8 Å². The number of nitro benzene ring substituents is 1. The number of carbonyl (C=O) groups excluding carboxylic acids is 5. The van der Waals surface area contributed by atoms with Gasteiger partial charge >= 0.3 is 0 Å². The molecule has 2 fully saturated rings. The van der Waals surface area contributed by atoms with Crippen LogP contribution in [-0.2, 0) is 25.6 Å². The van der Waals surface area contributed by atoms with Gasteiger partial charge in [-0.15, -0.1) is 0 Å². The fourth-order valence-electron chi connectivity index (χ4n) is 5.03. The summed E-state index contributed by atoms with van der Waals surface area (Å²) in [7, 11) is 0. The minimum absolute atomic E-state index is 0.0306. The average molecular weight is 536 g/mol. The summed E-state index contributed by atoms with van der Waals surface area (Å²) in [5.74, 6) is -2.30. The first-order chi connectivity index (χ1) is 18.6. The average Bonchev–Trinajstić information content (AvgIpc) is 3.53. The zero-order valence-electron chi connectivity index (χ0n) is 21.4. The number of imide groups is 1. The maximum Gasteiger partial charge on any atom is 0.269 e. The predicted molar refractivity (Wildman–Crippen MR) is 139 cm³/mol. The molecule has 0 aliphatic carbocycles. The first-order valence-electron chi connectivity index (χ1n) is 12.7. The van der Waals surface area contributed by atoms with Crippen molar-refractivity contribution in [2.24, 2.45) is 5.73 Å². The van der Waals surface area contributed by atoms with Crippen molar-refractivity contribution in [3.8, 4) is 0 Å². The highest BCUT2D eigenvalue weighted by molar-refractivity contribution is 6.08. The van der Waals surface area contributed by atoms with E-state index in [1.54, 1.807) is 31.2 Å². The van der Waals surface area contributed by atoms with Gasteiger partial charge in [-0.3, -0.25) is 39.0 Å². The number of anilines is 1. The molecule has 4 rings (SSSR count). The largest absolute Gasteiger partial charge is 0.331 e. The summed E-state index contributed by atoms with van der Waals surface area (Å²) in [4.78, 5) is 77.7. The van der Waals surface area contributed by atoms with Crippen LogP contribution in [0.3, 0.4) is 0 Å². The lowest BCUT2D eigenvalue weighted by molar-refractivity contribution is -0.384. The number of hydrogen-bond acceptors (Lipinski definition) is 8. The molecule has 0 spiro atoms. The van der Waals surface area contributed by atoms with Crippen molar-refractivity contribution >= 4 is 40.8 Å². The number of ketones is 1. The van der Waals surface area contributed by atoms with E-state index < -0.39 is 40.8 Å². The van der Waals surface area contributed by atoms with Gasteiger partial charge < -0.3 is 16.0 Å². The second kappa shape index (κ2) is 11.5. The number of Topliss-reactive ketones (excluding diaryl/α,β-unsaturated/α-hetero) is 1. The molecular formula is C27H29N5O7. The Morgan fingerprint density at radius 2 is 1.72 bits per heavy atom. The number of nitrogens with zero attached hydrogens (tertiary/aromatic N) is 3. The van der Waals surface area contributed by atoms with Gasteiger partial charge in [0.1, 0.15) is 6.04 Å². The molecule has 39 heavy (non-hydrogen) atoms. The van der Waals surface area contributed by atoms with Crippen LogP contribution in [0, 0.1) is 10.1 Å². The van der Waals surface area contributed by atoms with E-state index in [9.17, 15) is 34.1 Å². The van der Waals surface area contributed by atoms with Crippen molar-refractivity contribution in [3.63, 3.8) is 0 Å². The van der Waals surface area contributed by atoms with Crippen molar-refractivity contribution in [1.29, 1.82) is 0 Å². The Morgan fingerprint density at radius 1 is 1.08 bits per heavy atom. The minimum atomic E-state index is -1.26. The molecule has 12 heteroatoms. The van der Waals surface area contributed by atoms with Gasteiger partial charge in [0, 0.05) is 49.2 Å². The quantitative estimate of drug-likeness (QED) is 0.212. The van der Waals surface area contributed by atoms with Crippen molar-refractivity contribution < 1.29 is 28.9 Å². The summed E-state index contributed by atoms with van der Waals surface area (Å²) < 4.78 is 0. The van der Waals surface area contributed by atoms with Crippen molar-refractivity contribution in [2.45, 2.75) is 57.2 Å². The van der Waals surface area contributed by atoms with Crippen LogP contribution >= 0.6 is 0 Å². The van der Waals surface area contributed by atoms with Gasteiger partial charge in [-0.25, -0.2) is 0 Å². The zero-order chi connectivity index (χ0) is 28.3. The highest BCUT2D eigenvalue weighted by Gasteiger charge is 2.40. The first-order valence-corrected chi connectivity index (χ1v) is 12.7. The fourth-order valence-corrected chi connectivity index (χ4v) is 5.03. The van der Waals surface area contributed by atoms with E-state index in [4.69, 9.17) is 5.73 Å². The minimum Gasteiger partial charge on any atom is -0.331 e. The molecule has 204 valence electrons. The molecule has 3 N–H and O–H groups in total. The van der Waals surface area contributed by atoms with Crippen LogP contribution in [0.4, 0.5) is 11.4 Å². The highest BCUT2D eigenvalue weighted by Crippen LogP contribution is 2.27. The summed E-state index contributed by atoms with van der Waals surface area (Å²) in [6.45, 7) is 1.98. The number of nitrogens with two attached hydrogens (primary N) is 1. The third-order valence-electron chi connectivity index (χ3n) is 6.97. The molecule has 0 bridgehead atoms. The molecule has 2 aromatic carbocycles. The molecule has 2 aliphatic rings. The maximum atomic E-state index is 13.6. The SMILES string of the molecule is C[C@H](N)C(=O)N1CCC[C@H]1C(=O)c1ccccc1C[C@@H](C(=O)Nc1ccc([N+](=O)[O-])cc1)N1C(=O)CCC1=O. The van der Waals surface area contributed by atoms with Gasteiger partial charge in [0.05, 0.1) is 17.0 Å². The first kappa shape index (κ1) is 27.6. The predicted octanol–water partition coefficient (Wildman–Crippen LogP) is 1.81. The molecule has 12 nitrogen and oxygen atoms in total. The van der Waals surface area contributed by atoms with E-state index in [0.29, 0.717) is 30.5 Å². The number of benzene rings is 2. The topological polar surface area (TPSA) is 173 Å².